The van der Waals surface area contributed by atoms with Gasteiger partial charge in [0.2, 0.25) is 17.1 Å². The standard InChI is InChI=1S/C40H25N4O/c1-4-15-37-30(10-1)33-17-16-32-31-11-5-14-36-38(31)44(39(32)40(33)45-37)35-13-3-2-12-34(35)43(36)29-21-27(25-8-6-18-41-23-25)20-28(22-29)26-9-7-19-42-24-26/h1-24,35H/q+1. The number of fused-ring (bicyclic) bond motifs is 9. The Hall–Kier alpha value is -6.07. The first-order valence-electron chi connectivity index (χ1n) is 15.2. The molecule has 1 unspecified atom stereocenters. The van der Waals surface area contributed by atoms with Gasteiger partial charge in [-0.25, -0.2) is 0 Å². The van der Waals surface area contributed by atoms with E-state index in [2.05, 4.69) is 122 Å². The Morgan fingerprint density at radius 1 is 0.622 bits per heavy atom. The summed E-state index contributed by atoms with van der Waals surface area (Å²) in [5.41, 5.74) is 11.9. The number of rotatable bonds is 3. The van der Waals surface area contributed by atoms with Crippen LogP contribution in [-0.4, -0.2) is 20.2 Å². The molecule has 45 heavy (non-hydrogen) atoms. The fourth-order valence-electron chi connectivity index (χ4n) is 7.32. The van der Waals surface area contributed by atoms with Crippen molar-refractivity contribution < 1.29 is 4.42 Å². The average molecular weight is 578 g/mol. The number of pyridine rings is 2. The third-order valence-corrected chi connectivity index (χ3v) is 9.22. The minimum atomic E-state index is -0.0207. The lowest BCUT2D eigenvalue weighted by Gasteiger charge is -2.25. The molecule has 210 valence electrons. The second-order valence-corrected chi connectivity index (χ2v) is 11.7. The number of benzene rings is 4. The largest absolute Gasteiger partial charge is 0.454 e. The minimum Gasteiger partial charge on any atom is -0.454 e. The summed E-state index contributed by atoms with van der Waals surface area (Å²) in [7, 11) is 0. The molecule has 8 aromatic rings. The van der Waals surface area contributed by atoms with Gasteiger partial charge < -0.3 is 8.98 Å². The summed E-state index contributed by atoms with van der Waals surface area (Å²) in [6.07, 6.45) is 16.3. The zero-order valence-electron chi connectivity index (χ0n) is 24.1. The first-order chi connectivity index (χ1) is 22.3. The van der Waals surface area contributed by atoms with Crippen molar-refractivity contribution in [1.29, 1.82) is 0 Å². The SMILES string of the molecule is C1=CC2=[N+](c3cc(-c4cccnc4)cc(-c4cccnc4)c3)c3cccc4c5ccc6c7ccccc7oc6c5n(c34)C2C=C1. The Labute approximate surface area is 258 Å². The van der Waals surface area contributed by atoms with Crippen LogP contribution in [0.25, 0.3) is 66.0 Å². The second-order valence-electron chi connectivity index (χ2n) is 11.7. The van der Waals surface area contributed by atoms with E-state index in [9.17, 15) is 0 Å². The summed E-state index contributed by atoms with van der Waals surface area (Å²) in [5, 5.41) is 4.70. The molecule has 5 nitrogen and oxygen atoms in total. The Morgan fingerprint density at radius 3 is 2.13 bits per heavy atom. The maximum absolute atomic E-state index is 6.62. The first-order valence-corrected chi connectivity index (χ1v) is 15.2. The van der Waals surface area contributed by atoms with Crippen molar-refractivity contribution in [3.05, 3.63) is 146 Å². The van der Waals surface area contributed by atoms with E-state index in [1.807, 2.05) is 43.0 Å². The van der Waals surface area contributed by atoms with Crippen LogP contribution < -0.4 is 4.58 Å². The molecule has 5 heteroatoms. The fourth-order valence-corrected chi connectivity index (χ4v) is 7.32. The number of allylic oxidation sites excluding steroid dienone is 4. The van der Waals surface area contributed by atoms with Gasteiger partial charge in [-0.3, -0.25) is 9.97 Å². The Bertz CT molecular complexity index is 2530. The summed E-state index contributed by atoms with van der Waals surface area (Å²) in [4.78, 5) is 8.87. The van der Waals surface area contributed by atoms with Gasteiger partial charge in [0.1, 0.15) is 17.1 Å². The van der Waals surface area contributed by atoms with E-state index in [1.165, 1.54) is 22.0 Å². The van der Waals surface area contributed by atoms with Crippen molar-refractivity contribution in [3.8, 4) is 22.3 Å². The predicted octanol–water partition coefficient (Wildman–Crippen LogP) is 9.77. The molecule has 0 amide bonds. The minimum absolute atomic E-state index is 0.0207. The maximum Gasteiger partial charge on any atom is 0.235 e. The van der Waals surface area contributed by atoms with E-state index in [4.69, 9.17) is 4.42 Å². The molecule has 0 fully saturated rings. The number of nitrogens with zero attached hydrogens (tertiary/aromatic N) is 4. The maximum atomic E-state index is 6.62. The zero-order valence-corrected chi connectivity index (χ0v) is 24.1. The molecule has 0 saturated heterocycles. The number of hydrogen-bond donors (Lipinski definition) is 0. The highest BCUT2D eigenvalue weighted by Gasteiger charge is 2.38. The van der Waals surface area contributed by atoms with E-state index in [0.29, 0.717) is 0 Å². The molecule has 2 aliphatic rings. The molecule has 1 atom stereocenters. The van der Waals surface area contributed by atoms with Crippen LogP contribution in [0.5, 0.6) is 0 Å². The molecule has 0 radical (unpaired) electrons. The van der Waals surface area contributed by atoms with E-state index < -0.39 is 0 Å². The van der Waals surface area contributed by atoms with Crippen molar-refractivity contribution >= 4 is 60.8 Å². The van der Waals surface area contributed by atoms with Crippen LogP contribution >= 0.6 is 0 Å². The normalized spacial score (nSPS) is 15.5. The van der Waals surface area contributed by atoms with Crippen molar-refractivity contribution in [1.82, 2.24) is 19.1 Å². The summed E-state index contributed by atoms with van der Waals surface area (Å²) in [6.45, 7) is 0. The molecule has 1 aliphatic heterocycles. The lowest BCUT2D eigenvalue weighted by atomic mass is 9.97. The highest BCUT2D eigenvalue weighted by molar-refractivity contribution is 6.24. The van der Waals surface area contributed by atoms with E-state index in [1.54, 1.807) is 0 Å². The molecule has 0 bridgehead atoms. The predicted molar refractivity (Wildman–Crippen MR) is 183 cm³/mol. The van der Waals surface area contributed by atoms with Crippen molar-refractivity contribution in [2.24, 2.45) is 0 Å². The van der Waals surface area contributed by atoms with Gasteiger partial charge in [-0.05, 0) is 41.5 Å². The third-order valence-electron chi connectivity index (χ3n) is 9.22. The quantitative estimate of drug-likeness (QED) is 0.196. The van der Waals surface area contributed by atoms with Gasteiger partial charge in [-0.1, -0.05) is 66.8 Å². The molecule has 0 saturated carbocycles. The highest BCUT2D eigenvalue weighted by Crippen LogP contribution is 2.47. The van der Waals surface area contributed by atoms with Crippen molar-refractivity contribution in [2.75, 3.05) is 0 Å². The topological polar surface area (TPSA) is 46.9 Å². The Morgan fingerprint density at radius 2 is 1.36 bits per heavy atom. The average Bonchev–Trinajstić information content (AvgIpc) is 3.66. The van der Waals surface area contributed by atoms with Gasteiger partial charge in [0.15, 0.2) is 5.58 Å². The summed E-state index contributed by atoms with van der Waals surface area (Å²) in [5.74, 6) is 0. The molecule has 1 aliphatic carbocycles. The Kier molecular flexibility index (Phi) is 4.99. The number of para-hydroxylation sites is 2. The summed E-state index contributed by atoms with van der Waals surface area (Å²) < 4.78 is 11.5. The van der Waals surface area contributed by atoms with Gasteiger partial charge in [0, 0.05) is 81.7 Å². The third kappa shape index (κ3) is 3.46. The first kappa shape index (κ1) is 24.4. The lowest BCUT2D eigenvalue weighted by Crippen LogP contribution is -2.30. The smallest absolute Gasteiger partial charge is 0.235 e. The molecular weight excluding hydrogens is 552 g/mol. The van der Waals surface area contributed by atoms with Crippen LogP contribution in [-0.2, 0) is 0 Å². The number of hydrogen-bond acceptors (Lipinski definition) is 3. The monoisotopic (exact) mass is 577 g/mol. The molecule has 0 spiro atoms. The molecule has 10 rings (SSSR count). The highest BCUT2D eigenvalue weighted by atomic mass is 16.3. The van der Waals surface area contributed by atoms with Gasteiger partial charge >= 0.3 is 0 Å². The van der Waals surface area contributed by atoms with Gasteiger partial charge in [-0.2, -0.15) is 4.58 Å². The van der Waals surface area contributed by atoms with Crippen LogP contribution in [0.2, 0.25) is 0 Å². The van der Waals surface area contributed by atoms with Gasteiger partial charge in [0.05, 0.1) is 5.52 Å². The molecule has 5 heterocycles. The van der Waals surface area contributed by atoms with Crippen LogP contribution in [0.15, 0.2) is 151 Å². The van der Waals surface area contributed by atoms with E-state index in [-0.39, 0.29) is 6.04 Å². The summed E-state index contributed by atoms with van der Waals surface area (Å²) >= 11 is 0. The van der Waals surface area contributed by atoms with Crippen LogP contribution in [0.4, 0.5) is 11.4 Å². The van der Waals surface area contributed by atoms with Crippen molar-refractivity contribution in [2.45, 2.75) is 6.04 Å². The molecule has 4 aromatic heterocycles. The molecule has 0 N–H and O–H groups in total. The summed E-state index contributed by atoms with van der Waals surface area (Å²) in [6, 6.07) is 34.4. The van der Waals surface area contributed by atoms with E-state index in [0.717, 1.165) is 61.1 Å². The zero-order chi connectivity index (χ0) is 29.5. The lowest BCUT2D eigenvalue weighted by molar-refractivity contribution is 0.667. The number of furan rings is 1. The number of aromatic nitrogens is 3. The van der Waals surface area contributed by atoms with Gasteiger partial charge in [0.25, 0.3) is 0 Å². The van der Waals surface area contributed by atoms with Crippen molar-refractivity contribution in [3.63, 3.8) is 0 Å². The Balaban J connectivity index is 1.31. The van der Waals surface area contributed by atoms with Crippen LogP contribution in [0.1, 0.15) is 6.04 Å². The van der Waals surface area contributed by atoms with Crippen LogP contribution in [0.3, 0.4) is 0 Å². The molecular formula is C40H25N4O+. The molecule has 4 aromatic carbocycles. The van der Waals surface area contributed by atoms with Gasteiger partial charge in [-0.15, -0.1) is 0 Å². The van der Waals surface area contributed by atoms with Crippen LogP contribution in [0, 0.1) is 0 Å². The fraction of sp³-hybridized carbons (Fsp3) is 0.0250. The second kappa shape index (κ2) is 9.21. The van der Waals surface area contributed by atoms with E-state index >= 15 is 0 Å².